The maximum absolute atomic E-state index is 5.25. The Morgan fingerprint density at radius 2 is 2.06 bits per heavy atom. The minimum atomic E-state index is 0.684. The summed E-state index contributed by atoms with van der Waals surface area (Å²) < 4.78 is 5.00. The fourth-order valence-electron chi connectivity index (χ4n) is 1.24. The van der Waals surface area contributed by atoms with Crippen LogP contribution in [0.1, 0.15) is 5.56 Å². The predicted molar refractivity (Wildman–Crippen MR) is 70.4 cm³/mol. The first-order valence-electron chi connectivity index (χ1n) is 5.26. The molecule has 0 saturated heterocycles. The van der Waals surface area contributed by atoms with Gasteiger partial charge in [0.15, 0.2) is 5.11 Å². The van der Waals surface area contributed by atoms with E-state index in [2.05, 4.69) is 17.4 Å². The second-order valence-corrected chi connectivity index (χ2v) is 3.95. The van der Waals surface area contributed by atoms with E-state index in [1.165, 1.54) is 5.56 Å². The zero-order valence-corrected chi connectivity index (χ0v) is 10.6. The molecule has 1 N–H and O–H groups in total. The molecule has 0 aromatic heterocycles. The number of nitrogens with zero attached hydrogens (tertiary/aromatic N) is 1. The molecule has 0 saturated carbocycles. The second kappa shape index (κ2) is 7.19. The van der Waals surface area contributed by atoms with E-state index in [1.807, 2.05) is 30.1 Å². The minimum absolute atomic E-state index is 0.684. The van der Waals surface area contributed by atoms with Crippen molar-refractivity contribution < 1.29 is 4.74 Å². The highest BCUT2D eigenvalue weighted by molar-refractivity contribution is 7.80. The van der Waals surface area contributed by atoms with E-state index >= 15 is 0 Å². The molecule has 0 fully saturated rings. The Kier molecular flexibility index (Phi) is 5.82. The largest absolute Gasteiger partial charge is 0.383 e. The fraction of sp³-hybridized carbons (Fsp3) is 0.417. The second-order valence-electron chi connectivity index (χ2n) is 3.56. The molecule has 0 unspecified atom stereocenters. The number of hydrogen-bond acceptors (Lipinski definition) is 2. The van der Waals surface area contributed by atoms with Gasteiger partial charge in [0.1, 0.15) is 0 Å². The Labute approximate surface area is 102 Å². The van der Waals surface area contributed by atoms with Crippen molar-refractivity contribution in [3.05, 3.63) is 35.9 Å². The molecule has 0 aliphatic carbocycles. The van der Waals surface area contributed by atoms with Crippen LogP contribution in [0.3, 0.4) is 0 Å². The van der Waals surface area contributed by atoms with Crippen LogP contribution < -0.4 is 5.32 Å². The Hall–Kier alpha value is -1.13. The van der Waals surface area contributed by atoms with Gasteiger partial charge in [-0.3, -0.25) is 0 Å². The topological polar surface area (TPSA) is 24.5 Å². The standard InChI is InChI=1S/C12H18N2OS/c1-14(8-9-15-2)12(16)13-10-11-6-4-3-5-7-11/h3-7H,8-10H2,1-2H3,(H,13,16). The number of thiocarbonyl (C=S) groups is 1. The number of likely N-dealkylation sites (N-methyl/N-ethyl adjacent to an activating group) is 1. The molecule has 0 amide bonds. The van der Waals surface area contributed by atoms with Crippen molar-refractivity contribution >= 4 is 17.3 Å². The summed E-state index contributed by atoms with van der Waals surface area (Å²) in [5.74, 6) is 0. The van der Waals surface area contributed by atoms with E-state index in [1.54, 1.807) is 7.11 Å². The minimum Gasteiger partial charge on any atom is -0.383 e. The maximum Gasteiger partial charge on any atom is 0.169 e. The summed E-state index contributed by atoms with van der Waals surface area (Å²) in [5, 5.41) is 3.96. The van der Waals surface area contributed by atoms with Crippen LogP contribution in [0.5, 0.6) is 0 Å². The summed E-state index contributed by atoms with van der Waals surface area (Å²) in [4.78, 5) is 1.97. The zero-order valence-electron chi connectivity index (χ0n) is 9.77. The molecular formula is C12H18N2OS. The summed E-state index contributed by atoms with van der Waals surface area (Å²) in [7, 11) is 3.65. The van der Waals surface area contributed by atoms with Crippen molar-refractivity contribution in [1.82, 2.24) is 10.2 Å². The molecule has 0 atom stereocenters. The fourth-order valence-corrected chi connectivity index (χ4v) is 1.40. The molecule has 0 heterocycles. The third-order valence-corrected chi connectivity index (χ3v) is 2.72. The SMILES string of the molecule is COCCN(C)C(=S)NCc1ccccc1. The monoisotopic (exact) mass is 238 g/mol. The third-order valence-electron chi connectivity index (χ3n) is 2.26. The van der Waals surface area contributed by atoms with Crippen LogP contribution in [0.25, 0.3) is 0 Å². The van der Waals surface area contributed by atoms with E-state index in [4.69, 9.17) is 17.0 Å². The lowest BCUT2D eigenvalue weighted by atomic mass is 10.2. The quantitative estimate of drug-likeness (QED) is 0.788. The number of methoxy groups -OCH3 is 1. The van der Waals surface area contributed by atoms with Gasteiger partial charge in [0, 0.05) is 27.2 Å². The van der Waals surface area contributed by atoms with E-state index in [0.29, 0.717) is 6.61 Å². The summed E-state index contributed by atoms with van der Waals surface area (Å²) in [6, 6.07) is 10.2. The smallest absolute Gasteiger partial charge is 0.169 e. The summed E-state index contributed by atoms with van der Waals surface area (Å²) in [6.07, 6.45) is 0. The summed E-state index contributed by atoms with van der Waals surface area (Å²) >= 11 is 5.25. The number of hydrogen-bond donors (Lipinski definition) is 1. The molecule has 88 valence electrons. The normalized spacial score (nSPS) is 9.88. The highest BCUT2D eigenvalue weighted by Gasteiger charge is 2.02. The molecule has 16 heavy (non-hydrogen) atoms. The van der Waals surface area contributed by atoms with E-state index in [-0.39, 0.29) is 0 Å². The number of rotatable bonds is 5. The molecule has 3 nitrogen and oxygen atoms in total. The van der Waals surface area contributed by atoms with Crippen molar-refractivity contribution in [3.63, 3.8) is 0 Å². The van der Waals surface area contributed by atoms with Gasteiger partial charge in [-0.2, -0.15) is 0 Å². The lowest BCUT2D eigenvalue weighted by Gasteiger charge is -2.20. The van der Waals surface area contributed by atoms with Gasteiger partial charge < -0.3 is 15.0 Å². The van der Waals surface area contributed by atoms with E-state index in [9.17, 15) is 0 Å². The van der Waals surface area contributed by atoms with Crippen LogP contribution in [0.2, 0.25) is 0 Å². The Balaban J connectivity index is 2.29. The van der Waals surface area contributed by atoms with E-state index < -0.39 is 0 Å². The van der Waals surface area contributed by atoms with Crippen LogP contribution in [-0.2, 0) is 11.3 Å². The molecule has 1 aromatic carbocycles. The zero-order chi connectivity index (χ0) is 11.8. The summed E-state index contributed by atoms with van der Waals surface area (Å²) in [6.45, 7) is 2.25. The van der Waals surface area contributed by atoms with Gasteiger partial charge in [0.25, 0.3) is 0 Å². The average molecular weight is 238 g/mol. The van der Waals surface area contributed by atoms with Crippen molar-refractivity contribution in [3.8, 4) is 0 Å². The molecule has 1 aromatic rings. The predicted octanol–water partition coefficient (Wildman–Crippen LogP) is 1.64. The molecule has 4 heteroatoms. The number of benzene rings is 1. The molecule has 0 radical (unpaired) electrons. The van der Waals surface area contributed by atoms with Crippen LogP contribution >= 0.6 is 12.2 Å². The van der Waals surface area contributed by atoms with Gasteiger partial charge in [0.05, 0.1) is 6.61 Å². The first-order valence-corrected chi connectivity index (χ1v) is 5.66. The summed E-state index contributed by atoms with van der Waals surface area (Å²) in [5.41, 5.74) is 1.23. The van der Waals surface area contributed by atoms with Gasteiger partial charge >= 0.3 is 0 Å². The Bertz CT molecular complexity index is 316. The molecule has 0 spiro atoms. The Morgan fingerprint density at radius 3 is 2.69 bits per heavy atom. The van der Waals surface area contributed by atoms with Gasteiger partial charge in [-0.1, -0.05) is 30.3 Å². The number of ether oxygens (including phenoxy) is 1. The van der Waals surface area contributed by atoms with E-state index in [0.717, 1.165) is 18.2 Å². The molecular weight excluding hydrogens is 220 g/mol. The number of nitrogens with one attached hydrogen (secondary N) is 1. The Morgan fingerprint density at radius 1 is 1.38 bits per heavy atom. The van der Waals surface area contributed by atoms with Gasteiger partial charge in [0.2, 0.25) is 0 Å². The lowest BCUT2D eigenvalue weighted by molar-refractivity contribution is 0.182. The van der Waals surface area contributed by atoms with Crippen molar-refractivity contribution in [1.29, 1.82) is 0 Å². The average Bonchev–Trinajstić information content (AvgIpc) is 2.34. The van der Waals surface area contributed by atoms with Gasteiger partial charge in [-0.05, 0) is 17.8 Å². The van der Waals surface area contributed by atoms with Crippen LogP contribution in [0.4, 0.5) is 0 Å². The molecule has 0 aliphatic heterocycles. The van der Waals surface area contributed by atoms with Gasteiger partial charge in [-0.25, -0.2) is 0 Å². The van der Waals surface area contributed by atoms with Crippen LogP contribution in [-0.4, -0.2) is 37.3 Å². The molecule has 1 rings (SSSR count). The van der Waals surface area contributed by atoms with Crippen molar-refractivity contribution in [2.24, 2.45) is 0 Å². The van der Waals surface area contributed by atoms with Crippen molar-refractivity contribution in [2.75, 3.05) is 27.3 Å². The first kappa shape index (κ1) is 12.9. The van der Waals surface area contributed by atoms with Crippen LogP contribution in [0.15, 0.2) is 30.3 Å². The van der Waals surface area contributed by atoms with Gasteiger partial charge in [-0.15, -0.1) is 0 Å². The van der Waals surface area contributed by atoms with Crippen LogP contribution in [0, 0.1) is 0 Å². The first-order chi connectivity index (χ1) is 7.74. The highest BCUT2D eigenvalue weighted by Crippen LogP contribution is 1.97. The molecule has 0 bridgehead atoms. The highest BCUT2D eigenvalue weighted by atomic mass is 32.1. The third kappa shape index (κ3) is 4.59. The maximum atomic E-state index is 5.25. The lowest BCUT2D eigenvalue weighted by Crippen LogP contribution is -2.38. The molecule has 0 aliphatic rings. The van der Waals surface area contributed by atoms with Crippen molar-refractivity contribution in [2.45, 2.75) is 6.54 Å².